The highest BCUT2D eigenvalue weighted by atomic mass is 16.5. The van der Waals surface area contributed by atoms with Crippen molar-refractivity contribution in [3.63, 3.8) is 0 Å². The van der Waals surface area contributed by atoms with Gasteiger partial charge in [-0.2, -0.15) is 0 Å². The van der Waals surface area contributed by atoms with Gasteiger partial charge in [0.15, 0.2) is 0 Å². The van der Waals surface area contributed by atoms with Gasteiger partial charge in [-0.3, -0.25) is 9.69 Å². The van der Waals surface area contributed by atoms with E-state index in [4.69, 9.17) is 10.5 Å². The van der Waals surface area contributed by atoms with Gasteiger partial charge in [-0.25, -0.2) is 4.98 Å². The van der Waals surface area contributed by atoms with E-state index in [2.05, 4.69) is 15.2 Å². The number of hydrogen-bond donors (Lipinski definition) is 2. The number of amides is 1. The van der Waals surface area contributed by atoms with Crippen LogP contribution in [0.5, 0.6) is 0 Å². The fourth-order valence-electron chi connectivity index (χ4n) is 1.90. The first-order chi connectivity index (χ1) is 8.77. The number of nitrogens with one attached hydrogen (secondary N) is 1. The van der Waals surface area contributed by atoms with Gasteiger partial charge in [0.05, 0.1) is 18.8 Å². The minimum Gasteiger partial charge on any atom is -0.379 e. The van der Waals surface area contributed by atoms with Gasteiger partial charge in [0.25, 0.3) is 5.91 Å². The van der Waals surface area contributed by atoms with Gasteiger partial charge >= 0.3 is 0 Å². The zero-order chi connectivity index (χ0) is 12.8. The second-order valence-corrected chi connectivity index (χ2v) is 4.14. The number of hydrogen-bond acceptors (Lipinski definition) is 5. The molecule has 0 spiro atoms. The first-order valence-electron chi connectivity index (χ1n) is 6.06. The normalized spacial score (nSPS) is 16.4. The molecule has 0 aliphatic carbocycles. The molecule has 0 radical (unpaired) electrons. The number of aromatic nitrogens is 1. The number of ether oxygens (including phenoxy) is 1. The fraction of sp³-hybridized carbons (Fsp3) is 0.500. The highest BCUT2D eigenvalue weighted by Gasteiger charge is 2.11. The minimum atomic E-state index is -0.461. The van der Waals surface area contributed by atoms with E-state index in [9.17, 15) is 4.79 Å². The van der Waals surface area contributed by atoms with Crippen molar-refractivity contribution in [2.24, 2.45) is 5.73 Å². The summed E-state index contributed by atoms with van der Waals surface area (Å²) < 4.78 is 5.28. The third-order valence-corrected chi connectivity index (χ3v) is 2.90. The topological polar surface area (TPSA) is 80.5 Å². The van der Waals surface area contributed by atoms with Crippen LogP contribution in [0, 0.1) is 0 Å². The van der Waals surface area contributed by atoms with E-state index in [-0.39, 0.29) is 0 Å². The lowest BCUT2D eigenvalue weighted by Gasteiger charge is -2.26. The Bertz CT molecular complexity index is 405. The lowest BCUT2D eigenvalue weighted by atomic mass is 10.2. The van der Waals surface area contributed by atoms with Crippen LogP contribution in [-0.4, -0.2) is 55.2 Å². The Kier molecular flexibility index (Phi) is 4.49. The predicted molar refractivity (Wildman–Crippen MR) is 68.5 cm³/mol. The van der Waals surface area contributed by atoms with Crippen LogP contribution in [-0.2, 0) is 4.74 Å². The zero-order valence-corrected chi connectivity index (χ0v) is 10.3. The van der Waals surface area contributed by atoms with E-state index in [1.807, 2.05) is 0 Å². The van der Waals surface area contributed by atoms with E-state index in [1.54, 1.807) is 18.3 Å². The first-order valence-corrected chi connectivity index (χ1v) is 6.06. The van der Waals surface area contributed by atoms with Crippen LogP contribution in [0.25, 0.3) is 0 Å². The molecule has 18 heavy (non-hydrogen) atoms. The van der Waals surface area contributed by atoms with E-state index in [0.29, 0.717) is 11.4 Å². The molecule has 1 saturated heterocycles. The lowest BCUT2D eigenvalue weighted by Crippen LogP contribution is -2.39. The number of carbonyl (C=O) groups is 1. The Morgan fingerprint density at radius 1 is 1.50 bits per heavy atom. The van der Waals surface area contributed by atoms with Crippen molar-refractivity contribution in [1.29, 1.82) is 0 Å². The van der Waals surface area contributed by atoms with Crippen LogP contribution in [0.15, 0.2) is 18.3 Å². The molecule has 1 aliphatic heterocycles. The van der Waals surface area contributed by atoms with Crippen LogP contribution in [0.1, 0.15) is 10.4 Å². The average Bonchev–Trinajstić information content (AvgIpc) is 2.40. The molecule has 0 atom stereocenters. The van der Waals surface area contributed by atoms with E-state index >= 15 is 0 Å². The largest absolute Gasteiger partial charge is 0.379 e. The molecule has 0 saturated carbocycles. The second-order valence-electron chi connectivity index (χ2n) is 4.14. The maximum Gasteiger partial charge on any atom is 0.252 e. The van der Waals surface area contributed by atoms with E-state index in [0.717, 1.165) is 39.4 Å². The Labute approximate surface area is 106 Å². The summed E-state index contributed by atoms with van der Waals surface area (Å²) in [5.41, 5.74) is 5.71. The molecule has 0 bridgehead atoms. The van der Waals surface area contributed by atoms with Gasteiger partial charge in [-0.05, 0) is 12.1 Å². The molecule has 2 rings (SSSR count). The number of anilines is 1. The van der Waals surface area contributed by atoms with Gasteiger partial charge in [0.1, 0.15) is 5.82 Å². The second kappa shape index (κ2) is 6.32. The fourth-order valence-corrected chi connectivity index (χ4v) is 1.90. The number of morpholine rings is 1. The van der Waals surface area contributed by atoms with Crippen molar-refractivity contribution in [2.75, 3.05) is 44.7 Å². The first kappa shape index (κ1) is 12.8. The Balaban J connectivity index is 1.84. The maximum atomic E-state index is 11.2. The molecule has 98 valence electrons. The van der Waals surface area contributed by atoms with Crippen LogP contribution >= 0.6 is 0 Å². The molecule has 3 N–H and O–H groups in total. The number of primary amides is 1. The summed E-state index contributed by atoms with van der Waals surface area (Å²) in [7, 11) is 0. The van der Waals surface area contributed by atoms with Crippen molar-refractivity contribution in [3.8, 4) is 0 Å². The lowest BCUT2D eigenvalue weighted by molar-refractivity contribution is 0.0398. The molecule has 1 aromatic heterocycles. The predicted octanol–water partition coefficient (Wildman–Crippen LogP) is -0.0754. The monoisotopic (exact) mass is 250 g/mol. The molecule has 0 aromatic carbocycles. The quantitative estimate of drug-likeness (QED) is 0.764. The maximum absolute atomic E-state index is 11.2. The number of nitrogens with zero attached hydrogens (tertiary/aromatic N) is 2. The van der Waals surface area contributed by atoms with Crippen molar-refractivity contribution < 1.29 is 9.53 Å². The smallest absolute Gasteiger partial charge is 0.252 e. The third-order valence-electron chi connectivity index (χ3n) is 2.90. The van der Waals surface area contributed by atoms with Crippen molar-refractivity contribution in [2.45, 2.75) is 0 Å². The molecule has 1 aromatic rings. The Morgan fingerprint density at radius 3 is 3.00 bits per heavy atom. The SMILES string of the molecule is NC(=O)c1cccnc1NCCN1CCOCC1. The van der Waals surface area contributed by atoms with Crippen LogP contribution in [0.2, 0.25) is 0 Å². The van der Waals surface area contributed by atoms with Gasteiger partial charge in [0, 0.05) is 32.4 Å². The van der Waals surface area contributed by atoms with Crippen molar-refractivity contribution in [3.05, 3.63) is 23.9 Å². The summed E-state index contributed by atoms with van der Waals surface area (Å²) in [6, 6.07) is 3.37. The minimum absolute atomic E-state index is 0.430. The van der Waals surface area contributed by atoms with Gasteiger partial charge < -0.3 is 15.8 Å². The van der Waals surface area contributed by atoms with Gasteiger partial charge in [0.2, 0.25) is 0 Å². The zero-order valence-electron chi connectivity index (χ0n) is 10.3. The molecule has 6 heteroatoms. The number of nitrogens with two attached hydrogens (primary N) is 1. The molecule has 1 fully saturated rings. The molecule has 1 amide bonds. The number of pyridine rings is 1. The van der Waals surface area contributed by atoms with Crippen LogP contribution in [0.4, 0.5) is 5.82 Å². The molecular weight excluding hydrogens is 232 g/mol. The third kappa shape index (κ3) is 3.41. The van der Waals surface area contributed by atoms with E-state index in [1.165, 1.54) is 0 Å². The summed E-state index contributed by atoms with van der Waals surface area (Å²) >= 11 is 0. The van der Waals surface area contributed by atoms with Crippen molar-refractivity contribution >= 4 is 11.7 Å². The van der Waals surface area contributed by atoms with Gasteiger partial charge in [-0.1, -0.05) is 0 Å². The Morgan fingerprint density at radius 2 is 2.28 bits per heavy atom. The van der Waals surface area contributed by atoms with Crippen molar-refractivity contribution in [1.82, 2.24) is 9.88 Å². The summed E-state index contributed by atoms with van der Waals surface area (Å²) in [4.78, 5) is 17.6. The number of rotatable bonds is 5. The molecule has 2 heterocycles. The molecule has 6 nitrogen and oxygen atoms in total. The average molecular weight is 250 g/mol. The molecule has 0 unspecified atom stereocenters. The standard InChI is InChI=1S/C12H18N4O2/c13-11(17)10-2-1-3-14-12(10)15-4-5-16-6-8-18-9-7-16/h1-3H,4-9H2,(H2,13,17)(H,14,15). The number of carbonyl (C=O) groups excluding carboxylic acids is 1. The highest BCUT2D eigenvalue weighted by Crippen LogP contribution is 2.09. The summed E-state index contributed by atoms with van der Waals surface area (Å²) in [6.45, 7) is 5.11. The van der Waals surface area contributed by atoms with Crippen LogP contribution < -0.4 is 11.1 Å². The van der Waals surface area contributed by atoms with E-state index < -0.39 is 5.91 Å². The van der Waals surface area contributed by atoms with Gasteiger partial charge in [-0.15, -0.1) is 0 Å². The highest BCUT2D eigenvalue weighted by molar-refractivity contribution is 5.97. The Hall–Kier alpha value is -1.66. The van der Waals surface area contributed by atoms with Crippen LogP contribution in [0.3, 0.4) is 0 Å². The summed E-state index contributed by atoms with van der Waals surface area (Å²) in [5, 5.41) is 3.15. The summed E-state index contributed by atoms with van der Waals surface area (Å²) in [5.74, 6) is 0.0928. The molecular formula is C12H18N4O2. The molecule has 1 aliphatic rings. The summed E-state index contributed by atoms with van der Waals surface area (Å²) in [6.07, 6.45) is 1.64.